The van der Waals surface area contributed by atoms with Gasteiger partial charge in [-0.1, -0.05) is 48.5 Å². The van der Waals surface area contributed by atoms with E-state index in [1.54, 1.807) is 0 Å². The summed E-state index contributed by atoms with van der Waals surface area (Å²) in [5.74, 6) is 0. The van der Waals surface area contributed by atoms with Crippen molar-refractivity contribution in [2.75, 3.05) is 6.61 Å². The Bertz CT molecular complexity index is 818. The van der Waals surface area contributed by atoms with Gasteiger partial charge in [-0.25, -0.2) is 0 Å². The van der Waals surface area contributed by atoms with Crippen LogP contribution in [-0.4, -0.2) is 17.9 Å². The van der Waals surface area contributed by atoms with Gasteiger partial charge in [0.15, 0.2) is 6.29 Å². The molecule has 0 aliphatic carbocycles. The molecule has 1 atom stereocenters. The van der Waals surface area contributed by atoms with Crippen molar-refractivity contribution in [3.63, 3.8) is 0 Å². The third-order valence-corrected chi connectivity index (χ3v) is 4.72. The maximum Gasteiger partial charge on any atom is 0.158 e. The number of fused-ring (bicyclic) bond motifs is 1. The summed E-state index contributed by atoms with van der Waals surface area (Å²) in [5.41, 5.74) is 3.57. The van der Waals surface area contributed by atoms with Gasteiger partial charge in [-0.3, -0.25) is 4.98 Å². The second kappa shape index (κ2) is 7.77. The zero-order valence-electron chi connectivity index (χ0n) is 14.4. The number of hydrogen-bond donors (Lipinski definition) is 0. The maximum atomic E-state index is 5.85. The standard InChI is InChI=1S/C22H23NO2/c1-2-6-20-19(5-1)12-13-23-21(20)15-17-8-10-18(11-9-17)16-25-22-7-3-4-14-24-22/h1-2,5-6,8-13,22H,3-4,7,14-16H2. The van der Waals surface area contributed by atoms with Gasteiger partial charge in [0.25, 0.3) is 0 Å². The Morgan fingerprint density at radius 2 is 1.80 bits per heavy atom. The molecule has 1 aromatic heterocycles. The first-order valence-electron chi connectivity index (χ1n) is 9.02. The summed E-state index contributed by atoms with van der Waals surface area (Å²) in [6, 6.07) is 19.1. The molecule has 1 unspecified atom stereocenters. The first-order valence-corrected chi connectivity index (χ1v) is 9.02. The topological polar surface area (TPSA) is 31.4 Å². The molecule has 3 heteroatoms. The zero-order chi connectivity index (χ0) is 16.9. The lowest BCUT2D eigenvalue weighted by molar-refractivity contribution is -0.168. The fraction of sp³-hybridized carbons (Fsp3) is 0.318. The maximum absolute atomic E-state index is 5.85. The van der Waals surface area contributed by atoms with Crippen LogP contribution in [0.25, 0.3) is 10.8 Å². The van der Waals surface area contributed by atoms with E-state index in [2.05, 4.69) is 59.6 Å². The molecule has 0 N–H and O–H groups in total. The quantitative estimate of drug-likeness (QED) is 0.667. The van der Waals surface area contributed by atoms with Crippen LogP contribution in [-0.2, 0) is 22.5 Å². The van der Waals surface area contributed by atoms with Crippen LogP contribution in [0.1, 0.15) is 36.1 Å². The van der Waals surface area contributed by atoms with Crippen molar-refractivity contribution < 1.29 is 9.47 Å². The monoisotopic (exact) mass is 333 g/mol. The summed E-state index contributed by atoms with van der Waals surface area (Å²) in [5, 5.41) is 2.47. The van der Waals surface area contributed by atoms with Crippen molar-refractivity contribution in [2.45, 2.75) is 38.6 Å². The molecule has 3 nitrogen and oxygen atoms in total. The summed E-state index contributed by atoms with van der Waals surface area (Å²) in [6.45, 7) is 1.43. The predicted octanol–water partition coefficient (Wildman–Crippen LogP) is 4.87. The van der Waals surface area contributed by atoms with Gasteiger partial charge in [0.1, 0.15) is 0 Å². The van der Waals surface area contributed by atoms with Crippen molar-refractivity contribution in [3.8, 4) is 0 Å². The summed E-state index contributed by atoms with van der Waals surface area (Å²) in [6.07, 6.45) is 6.05. The highest BCUT2D eigenvalue weighted by Crippen LogP contribution is 2.20. The summed E-state index contributed by atoms with van der Waals surface area (Å²) >= 11 is 0. The minimum absolute atomic E-state index is 0.0340. The van der Waals surface area contributed by atoms with Gasteiger partial charge < -0.3 is 9.47 Å². The van der Waals surface area contributed by atoms with Crippen LogP contribution in [0.3, 0.4) is 0 Å². The normalized spacial score (nSPS) is 17.7. The van der Waals surface area contributed by atoms with Gasteiger partial charge in [-0.2, -0.15) is 0 Å². The van der Waals surface area contributed by atoms with Crippen LogP contribution in [0, 0.1) is 0 Å². The Morgan fingerprint density at radius 3 is 2.64 bits per heavy atom. The summed E-state index contributed by atoms with van der Waals surface area (Å²) in [7, 11) is 0. The molecule has 25 heavy (non-hydrogen) atoms. The third kappa shape index (κ3) is 4.06. The molecule has 1 fully saturated rings. The smallest absolute Gasteiger partial charge is 0.158 e. The van der Waals surface area contributed by atoms with Gasteiger partial charge in [0.2, 0.25) is 0 Å². The van der Waals surface area contributed by atoms with Crippen molar-refractivity contribution >= 4 is 10.8 Å². The summed E-state index contributed by atoms with van der Waals surface area (Å²) < 4.78 is 11.5. The lowest BCUT2D eigenvalue weighted by atomic mass is 10.0. The highest BCUT2D eigenvalue weighted by atomic mass is 16.7. The third-order valence-electron chi connectivity index (χ3n) is 4.72. The van der Waals surface area contributed by atoms with E-state index in [1.807, 2.05) is 6.20 Å². The van der Waals surface area contributed by atoms with Crippen LogP contribution in [0.15, 0.2) is 60.8 Å². The largest absolute Gasteiger partial charge is 0.353 e. The van der Waals surface area contributed by atoms with Crippen LogP contribution < -0.4 is 0 Å². The molecule has 0 radical (unpaired) electrons. The van der Waals surface area contributed by atoms with Crippen LogP contribution >= 0.6 is 0 Å². The van der Waals surface area contributed by atoms with E-state index in [9.17, 15) is 0 Å². The van der Waals surface area contributed by atoms with Crippen LogP contribution in [0.2, 0.25) is 0 Å². The minimum Gasteiger partial charge on any atom is -0.353 e. The molecule has 1 aliphatic heterocycles. The molecular formula is C22H23NO2. The van der Waals surface area contributed by atoms with Gasteiger partial charge >= 0.3 is 0 Å². The highest BCUT2D eigenvalue weighted by molar-refractivity contribution is 5.84. The Hall–Kier alpha value is -2.23. The fourth-order valence-electron chi connectivity index (χ4n) is 3.30. The second-order valence-corrected chi connectivity index (χ2v) is 6.58. The number of hydrogen-bond acceptors (Lipinski definition) is 3. The lowest BCUT2D eigenvalue weighted by Gasteiger charge is -2.22. The van der Waals surface area contributed by atoms with E-state index >= 15 is 0 Å². The molecule has 0 saturated carbocycles. The van der Waals surface area contributed by atoms with E-state index in [1.165, 1.54) is 28.3 Å². The number of pyridine rings is 1. The second-order valence-electron chi connectivity index (χ2n) is 6.58. The van der Waals surface area contributed by atoms with Crippen molar-refractivity contribution in [2.24, 2.45) is 0 Å². The van der Waals surface area contributed by atoms with Gasteiger partial charge in [0, 0.05) is 24.6 Å². The zero-order valence-corrected chi connectivity index (χ0v) is 14.4. The van der Waals surface area contributed by atoms with Gasteiger partial charge in [-0.15, -0.1) is 0 Å². The molecule has 0 amide bonds. The minimum atomic E-state index is -0.0340. The Kier molecular flexibility index (Phi) is 5.05. The average Bonchev–Trinajstić information content (AvgIpc) is 2.69. The molecule has 3 aromatic rings. The molecule has 0 bridgehead atoms. The molecule has 0 spiro atoms. The Morgan fingerprint density at radius 1 is 0.960 bits per heavy atom. The number of rotatable bonds is 5. The molecule has 2 aromatic carbocycles. The van der Waals surface area contributed by atoms with E-state index in [0.717, 1.165) is 31.6 Å². The predicted molar refractivity (Wildman–Crippen MR) is 99.4 cm³/mol. The Balaban J connectivity index is 1.41. The SMILES string of the molecule is c1ccc2c(Cc3ccc(COC4CCCCO4)cc3)nccc2c1. The average molecular weight is 333 g/mol. The first-order chi connectivity index (χ1) is 12.4. The number of ether oxygens (including phenoxy) is 2. The van der Waals surface area contributed by atoms with Crippen LogP contribution in [0.4, 0.5) is 0 Å². The van der Waals surface area contributed by atoms with Crippen molar-refractivity contribution in [1.29, 1.82) is 0 Å². The molecule has 4 rings (SSSR count). The fourth-order valence-corrected chi connectivity index (χ4v) is 3.30. The lowest BCUT2D eigenvalue weighted by Crippen LogP contribution is -2.21. The number of nitrogens with zero attached hydrogens (tertiary/aromatic N) is 1. The van der Waals surface area contributed by atoms with Crippen molar-refractivity contribution in [3.05, 3.63) is 77.6 Å². The number of aromatic nitrogens is 1. The first kappa shape index (κ1) is 16.2. The molecule has 1 aliphatic rings. The van der Waals surface area contributed by atoms with Gasteiger partial charge in [-0.05, 0) is 41.8 Å². The summed E-state index contributed by atoms with van der Waals surface area (Å²) in [4.78, 5) is 4.58. The van der Waals surface area contributed by atoms with E-state index in [4.69, 9.17) is 9.47 Å². The van der Waals surface area contributed by atoms with Crippen molar-refractivity contribution in [1.82, 2.24) is 4.98 Å². The highest BCUT2D eigenvalue weighted by Gasteiger charge is 2.13. The van der Waals surface area contributed by atoms with Crippen LogP contribution in [0.5, 0.6) is 0 Å². The van der Waals surface area contributed by atoms with E-state index in [0.29, 0.717) is 6.61 Å². The molecular weight excluding hydrogens is 310 g/mol. The number of benzene rings is 2. The van der Waals surface area contributed by atoms with E-state index in [-0.39, 0.29) is 6.29 Å². The van der Waals surface area contributed by atoms with Gasteiger partial charge in [0.05, 0.1) is 12.3 Å². The van der Waals surface area contributed by atoms with E-state index < -0.39 is 0 Å². The molecule has 2 heterocycles. The molecule has 128 valence electrons. The molecule has 1 saturated heterocycles. The Labute approximate surface area is 148 Å².